The molecule has 4 atom stereocenters. The van der Waals surface area contributed by atoms with Gasteiger partial charge in [0.1, 0.15) is 11.8 Å². The van der Waals surface area contributed by atoms with E-state index < -0.39 is 6.04 Å². The van der Waals surface area contributed by atoms with Crippen LogP contribution in [0, 0.1) is 0 Å². The summed E-state index contributed by atoms with van der Waals surface area (Å²) in [7, 11) is 1.60. The Morgan fingerprint density at radius 1 is 1.23 bits per heavy atom. The van der Waals surface area contributed by atoms with Crippen molar-refractivity contribution in [3.05, 3.63) is 24.3 Å². The Labute approximate surface area is 186 Å². The number of rotatable bonds is 8. The first kappa shape index (κ1) is 21.8. The molecular weight excluding hydrogens is 416 g/mol. The predicted molar refractivity (Wildman–Crippen MR) is 120 cm³/mol. The number of carbonyl (C=O) groups excluding carboxylic acids is 3. The summed E-state index contributed by atoms with van der Waals surface area (Å²) in [5.74, 6) is 1.61. The lowest BCUT2D eigenvalue weighted by molar-refractivity contribution is -0.136. The number of nitrogens with zero attached hydrogens (tertiary/aromatic N) is 1. The molecule has 0 radical (unpaired) electrons. The molecule has 0 saturated carbocycles. The third-order valence-electron chi connectivity index (χ3n) is 6.30. The van der Waals surface area contributed by atoms with Gasteiger partial charge in [-0.25, -0.2) is 4.79 Å². The molecule has 8 nitrogen and oxygen atoms in total. The molecule has 168 valence electrons. The van der Waals surface area contributed by atoms with Crippen molar-refractivity contribution in [1.29, 1.82) is 0 Å². The van der Waals surface area contributed by atoms with E-state index in [9.17, 15) is 14.4 Å². The number of fused-ring (bicyclic) bond motifs is 1. The number of methoxy groups -OCH3 is 1. The molecule has 3 aliphatic heterocycles. The number of urea groups is 1. The maximum atomic E-state index is 12.8. The summed E-state index contributed by atoms with van der Waals surface area (Å²) in [6.45, 7) is 0.638. The smallest absolute Gasteiger partial charge is 0.315 e. The molecule has 3 aliphatic rings. The minimum atomic E-state index is -0.402. The van der Waals surface area contributed by atoms with Gasteiger partial charge in [0, 0.05) is 29.7 Å². The molecule has 0 aliphatic carbocycles. The van der Waals surface area contributed by atoms with Gasteiger partial charge in [0.05, 0.1) is 19.2 Å². The van der Waals surface area contributed by atoms with E-state index in [1.807, 2.05) is 11.8 Å². The van der Waals surface area contributed by atoms with Gasteiger partial charge >= 0.3 is 6.03 Å². The van der Waals surface area contributed by atoms with E-state index in [0.717, 1.165) is 37.2 Å². The number of nitrogens with one attached hydrogen (secondary N) is 3. The number of benzene rings is 1. The molecule has 4 rings (SSSR count). The van der Waals surface area contributed by atoms with Crippen LogP contribution in [0.25, 0.3) is 0 Å². The van der Waals surface area contributed by atoms with E-state index in [1.54, 1.807) is 36.3 Å². The summed E-state index contributed by atoms with van der Waals surface area (Å²) in [6.07, 6.45) is 4.74. The van der Waals surface area contributed by atoms with Crippen LogP contribution in [0.3, 0.4) is 0 Å². The number of amides is 4. The highest BCUT2D eigenvalue weighted by molar-refractivity contribution is 8.00. The molecule has 31 heavy (non-hydrogen) atoms. The molecular formula is C22H30N4O4S. The number of carbonyl (C=O) groups is 3. The fourth-order valence-corrected chi connectivity index (χ4v) is 6.19. The zero-order valence-electron chi connectivity index (χ0n) is 17.8. The van der Waals surface area contributed by atoms with Crippen molar-refractivity contribution in [2.75, 3.05) is 24.7 Å². The largest absolute Gasteiger partial charge is 0.497 e. The fraction of sp³-hybridized carbons (Fsp3) is 0.591. The minimum Gasteiger partial charge on any atom is -0.497 e. The second-order valence-electron chi connectivity index (χ2n) is 8.33. The fourth-order valence-electron chi connectivity index (χ4n) is 4.65. The minimum absolute atomic E-state index is 0.0557. The first-order valence-electron chi connectivity index (χ1n) is 11.0. The first-order valence-corrected chi connectivity index (χ1v) is 12.0. The van der Waals surface area contributed by atoms with Crippen LogP contribution in [0.4, 0.5) is 10.5 Å². The lowest BCUT2D eigenvalue weighted by Gasteiger charge is -2.24. The standard InChI is InChI=1S/C22H30N4O4S/c1-30-15-10-8-14(9-11-15)23-21(28)17-5-4-12-26(17)19(27)7-3-2-6-18-20-16(13-31-18)24-22(29)25-20/h8-11,16-18,20H,2-7,12-13H2,1H3,(H,23,28)(H2,24,25,29)/t16-,17-,18-,20-/m0/s1. The molecule has 0 unspecified atom stereocenters. The van der Waals surface area contributed by atoms with Gasteiger partial charge in [-0.05, 0) is 49.9 Å². The molecule has 9 heteroatoms. The Kier molecular flexibility index (Phi) is 6.89. The predicted octanol–water partition coefficient (Wildman–Crippen LogP) is 2.35. The average Bonchev–Trinajstić information content (AvgIpc) is 3.48. The van der Waals surface area contributed by atoms with Crippen LogP contribution in [0.1, 0.15) is 38.5 Å². The molecule has 1 aromatic carbocycles. The molecule has 3 fully saturated rings. The van der Waals surface area contributed by atoms with Crippen molar-refractivity contribution in [2.24, 2.45) is 0 Å². The quantitative estimate of drug-likeness (QED) is 0.421. The van der Waals surface area contributed by atoms with E-state index in [0.29, 0.717) is 30.3 Å². The maximum absolute atomic E-state index is 12.8. The summed E-state index contributed by atoms with van der Waals surface area (Å²) in [5, 5.41) is 9.29. The third kappa shape index (κ3) is 5.08. The molecule has 3 heterocycles. The molecule has 3 N–H and O–H groups in total. The number of unbranched alkanes of at least 4 members (excludes halogenated alkanes) is 1. The maximum Gasteiger partial charge on any atom is 0.315 e. The van der Waals surface area contributed by atoms with Crippen molar-refractivity contribution < 1.29 is 19.1 Å². The van der Waals surface area contributed by atoms with E-state index >= 15 is 0 Å². The normalized spacial score (nSPS) is 26.9. The number of ether oxygens (including phenoxy) is 1. The van der Waals surface area contributed by atoms with Gasteiger partial charge in [0.25, 0.3) is 0 Å². The Morgan fingerprint density at radius 2 is 2.03 bits per heavy atom. The SMILES string of the molecule is COc1ccc(NC(=O)[C@@H]2CCCN2C(=O)CCCC[C@@H]2SC[C@@H]3NC(=O)N[C@@H]32)cc1. The lowest BCUT2D eigenvalue weighted by Crippen LogP contribution is -2.43. The first-order chi connectivity index (χ1) is 15.0. The highest BCUT2D eigenvalue weighted by atomic mass is 32.2. The summed E-state index contributed by atoms with van der Waals surface area (Å²) in [4.78, 5) is 38.7. The zero-order chi connectivity index (χ0) is 21.8. The van der Waals surface area contributed by atoms with Gasteiger partial charge in [-0.15, -0.1) is 0 Å². The summed E-state index contributed by atoms with van der Waals surface area (Å²) in [6, 6.07) is 7.16. The number of hydrogen-bond acceptors (Lipinski definition) is 5. The monoisotopic (exact) mass is 446 g/mol. The van der Waals surface area contributed by atoms with Crippen molar-refractivity contribution >= 4 is 35.3 Å². The van der Waals surface area contributed by atoms with Crippen LogP contribution in [0.15, 0.2) is 24.3 Å². The van der Waals surface area contributed by atoms with Gasteiger partial charge in [0.15, 0.2) is 0 Å². The third-order valence-corrected chi connectivity index (χ3v) is 7.81. The summed E-state index contributed by atoms with van der Waals surface area (Å²) in [5.41, 5.74) is 0.700. The van der Waals surface area contributed by atoms with Crippen LogP contribution in [-0.4, -0.2) is 65.5 Å². The second kappa shape index (κ2) is 9.80. The molecule has 0 bridgehead atoms. The number of thioether (sulfide) groups is 1. The average molecular weight is 447 g/mol. The number of likely N-dealkylation sites (tertiary alicyclic amines) is 1. The number of anilines is 1. The van der Waals surface area contributed by atoms with Crippen LogP contribution in [0.2, 0.25) is 0 Å². The van der Waals surface area contributed by atoms with Crippen LogP contribution in [-0.2, 0) is 9.59 Å². The van der Waals surface area contributed by atoms with Crippen LogP contribution < -0.4 is 20.7 Å². The van der Waals surface area contributed by atoms with E-state index in [2.05, 4.69) is 16.0 Å². The van der Waals surface area contributed by atoms with Gasteiger partial charge < -0.3 is 25.6 Å². The van der Waals surface area contributed by atoms with Crippen molar-refractivity contribution in [3.8, 4) is 5.75 Å². The van der Waals surface area contributed by atoms with Crippen LogP contribution >= 0.6 is 11.8 Å². The van der Waals surface area contributed by atoms with E-state index in [-0.39, 0.29) is 29.9 Å². The van der Waals surface area contributed by atoms with Crippen LogP contribution in [0.5, 0.6) is 5.75 Å². The van der Waals surface area contributed by atoms with Gasteiger partial charge in [0.2, 0.25) is 11.8 Å². The zero-order valence-corrected chi connectivity index (χ0v) is 18.6. The lowest BCUT2D eigenvalue weighted by atomic mass is 10.0. The summed E-state index contributed by atoms with van der Waals surface area (Å²) >= 11 is 1.89. The highest BCUT2D eigenvalue weighted by Crippen LogP contribution is 2.33. The van der Waals surface area contributed by atoms with Gasteiger partial charge in [-0.2, -0.15) is 11.8 Å². The molecule has 1 aromatic rings. The Bertz CT molecular complexity index is 818. The van der Waals surface area contributed by atoms with E-state index in [4.69, 9.17) is 4.74 Å². The Hall–Kier alpha value is -2.42. The molecule has 0 spiro atoms. The second-order valence-corrected chi connectivity index (χ2v) is 9.60. The van der Waals surface area contributed by atoms with Crippen molar-refractivity contribution in [2.45, 2.75) is 61.9 Å². The molecule has 4 amide bonds. The Morgan fingerprint density at radius 3 is 2.81 bits per heavy atom. The van der Waals surface area contributed by atoms with Gasteiger partial charge in [-0.1, -0.05) is 6.42 Å². The summed E-state index contributed by atoms with van der Waals surface area (Å²) < 4.78 is 5.14. The highest BCUT2D eigenvalue weighted by Gasteiger charge is 2.42. The Balaban J connectivity index is 1.21. The van der Waals surface area contributed by atoms with E-state index in [1.165, 1.54) is 0 Å². The van der Waals surface area contributed by atoms with Crippen molar-refractivity contribution in [1.82, 2.24) is 15.5 Å². The molecule has 0 aromatic heterocycles. The van der Waals surface area contributed by atoms with Gasteiger partial charge in [-0.3, -0.25) is 9.59 Å². The topological polar surface area (TPSA) is 99.8 Å². The number of hydrogen-bond donors (Lipinski definition) is 3. The molecule has 3 saturated heterocycles. The van der Waals surface area contributed by atoms with Crippen molar-refractivity contribution in [3.63, 3.8) is 0 Å².